The highest BCUT2D eigenvalue weighted by Gasteiger charge is 2.48. The second-order valence-corrected chi connectivity index (χ2v) is 20.2. The summed E-state index contributed by atoms with van der Waals surface area (Å²) in [6, 6.07) is 0. The fourth-order valence-electron chi connectivity index (χ4n) is 2.81. The van der Waals surface area contributed by atoms with Crippen molar-refractivity contribution < 1.29 is 26.6 Å². The Hall–Kier alpha value is 2.29. The molecule has 2 unspecified atom stereocenters. The van der Waals surface area contributed by atoms with Gasteiger partial charge in [-0.05, 0) is 74.0 Å². The van der Waals surface area contributed by atoms with Gasteiger partial charge in [-0.15, -0.1) is 0 Å². The smallest absolute Gasteiger partial charge is 0.373 e. The topological polar surface area (TPSA) is 55.4 Å². The molecular formula is C18H42O6S6Si2. The van der Waals surface area contributed by atoms with E-state index in [9.17, 15) is 0 Å². The van der Waals surface area contributed by atoms with E-state index >= 15 is 0 Å². The third-order valence-electron chi connectivity index (χ3n) is 3.96. The van der Waals surface area contributed by atoms with Crippen molar-refractivity contribution in [2.75, 3.05) is 51.1 Å². The molecule has 0 aliphatic rings. The predicted octanol–water partition coefficient (Wildman–Crippen LogP) is 6.22. The minimum Gasteiger partial charge on any atom is -0.373 e. The zero-order chi connectivity index (χ0) is 24.3. The van der Waals surface area contributed by atoms with Crippen molar-refractivity contribution in [2.24, 2.45) is 0 Å². The van der Waals surface area contributed by atoms with Crippen molar-refractivity contribution in [1.29, 1.82) is 0 Å². The lowest BCUT2D eigenvalue weighted by molar-refractivity contribution is 0.0687. The molecule has 0 amide bonds. The van der Waals surface area contributed by atoms with E-state index in [0.29, 0.717) is 39.6 Å². The lowest BCUT2D eigenvalue weighted by Gasteiger charge is -2.32. The average Bonchev–Trinajstić information content (AvgIpc) is 2.76. The molecule has 0 bridgehead atoms. The van der Waals surface area contributed by atoms with Crippen LogP contribution in [0, 0.1) is 0 Å². The number of hydrogen-bond donors (Lipinski definition) is 2. The minimum absolute atomic E-state index is 0.0215. The van der Waals surface area contributed by atoms with Crippen LogP contribution in [0.15, 0.2) is 0 Å². The van der Waals surface area contributed by atoms with Gasteiger partial charge in [0.2, 0.25) is 0 Å². The molecule has 0 rings (SSSR count). The first-order valence-corrected chi connectivity index (χ1v) is 21.0. The molecule has 32 heavy (non-hydrogen) atoms. The highest BCUT2D eigenvalue weighted by atomic mass is 33.7. The highest BCUT2D eigenvalue weighted by molar-refractivity contribution is 9.26. The van der Waals surface area contributed by atoms with E-state index in [2.05, 4.69) is 0 Å². The summed E-state index contributed by atoms with van der Waals surface area (Å²) in [7, 11) is 1.73. The Bertz CT molecular complexity index is 375. The SMILES string of the molecule is CCO[Si](OCC)(OCC)C(S)CCSSSSCCC(S)[Si](OCC)(OCC)OCC. The predicted molar refractivity (Wildman–Crippen MR) is 156 cm³/mol. The van der Waals surface area contributed by atoms with Crippen molar-refractivity contribution in [3.8, 4) is 0 Å². The highest BCUT2D eigenvalue weighted by Crippen LogP contribution is 2.44. The summed E-state index contributed by atoms with van der Waals surface area (Å²) in [4.78, 5) is -0.0429. The maximum absolute atomic E-state index is 5.94. The Morgan fingerprint density at radius 3 is 1.00 bits per heavy atom. The quantitative estimate of drug-likeness (QED) is 0.0610. The van der Waals surface area contributed by atoms with E-state index < -0.39 is 17.6 Å². The third kappa shape index (κ3) is 13.0. The summed E-state index contributed by atoms with van der Waals surface area (Å²) >= 11 is 9.57. The minimum atomic E-state index is -2.74. The first-order valence-electron chi connectivity index (χ1n) is 11.2. The largest absolute Gasteiger partial charge is 0.514 e. The molecule has 0 radical (unpaired) electrons. The lowest BCUT2D eigenvalue weighted by atomic mass is 10.6. The van der Waals surface area contributed by atoms with Gasteiger partial charge in [0.1, 0.15) is 0 Å². The van der Waals surface area contributed by atoms with Crippen molar-refractivity contribution in [1.82, 2.24) is 0 Å². The van der Waals surface area contributed by atoms with E-state index in [-0.39, 0.29) is 9.75 Å². The van der Waals surface area contributed by atoms with Crippen LogP contribution in [0.5, 0.6) is 0 Å². The first-order chi connectivity index (χ1) is 15.4. The molecule has 0 saturated heterocycles. The summed E-state index contributed by atoms with van der Waals surface area (Å²) in [5.74, 6) is 1.91. The van der Waals surface area contributed by atoms with Gasteiger partial charge in [0.05, 0.1) is 9.75 Å². The van der Waals surface area contributed by atoms with Crippen LogP contribution < -0.4 is 0 Å². The van der Waals surface area contributed by atoms with Gasteiger partial charge < -0.3 is 26.6 Å². The molecule has 2 atom stereocenters. The normalized spacial score (nSPS) is 14.6. The molecule has 0 fully saturated rings. The van der Waals surface area contributed by atoms with E-state index in [1.807, 2.05) is 63.1 Å². The first kappa shape index (κ1) is 34.3. The van der Waals surface area contributed by atoms with Gasteiger partial charge in [-0.2, -0.15) is 25.3 Å². The number of hydrogen-bond acceptors (Lipinski definition) is 12. The van der Waals surface area contributed by atoms with Crippen molar-refractivity contribution in [2.45, 2.75) is 64.1 Å². The van der Waals surface area contributed by atoms with Crippen LogP contribution in [0.4, 0.5) is 0 Å². The Kier molecular flexibility index (Phi) is 22.9. The van der Waals surface area contributed by atoms with Crippen LogP contribution in [-0.4, -0.2) is 78.5 Å². The van der Waals surface area contributed by atoms with Crippen molar-refractivity contribution in [3.63, 3.8) is 0 Å². The molecule has 0 aromatic rings. The fourth-order valence-corrected chi connectivity index (χ4v) is 16.4. The molecule has 6 nitrogen and oxygen atoms in total. The summed E-state index contributed by atoms with van der Waals surface area (Å²) in [5, 5.41) is 0. The summed E-state index contributed by atoms with van der Waals surface area (Å²) in [5.41, 5.74) is 0. The number of rotatable bonds is 23. The molecule has 0 spiro atoms. The van der Waals surface area contributed by atoms with Gasteiger partial charge >= 0.3 is 17.6 Å². The molecule has 194 valence electrons. The fraction of sp³-hybridized carbons (Fsp3) is 1.00. The van der Waals surface area contributed by atoms with Gasteiger partial charge in [-0.3, -0.25) is 0 Å². The molecule has 14 heteroatoms. The molecule has 0 heterocycles. The summed E-state index contributed by atoms with van der Waals surface area (Å²) in [6.45, 7) is 15.3. The van der Waals surface area contributed by atoms with E-state index in [1.165, 1.54) is 0 Å². The Balaban J connectivity index is 4.28. The Morgan fingerprint density at radius 2 is 0.781 bits per heavy atom. The maximum atomic E-state index is 5.94. The lowest BCUT2D eigenvalue weighted by Crippen LogP contribution is -2.54. The van der Waals surface area contributed by atoms with Gasteiger partial charge in [-0.1, -0.05) is 21.6 Å². The zero-order valence-corrected chi connectivity index (χ0v) is 27.3. The van der Waals surface area contributed by atoms with E-state index in [1.54, 1.807) is 19.7 Å². The molecule has 0 aromatic heterocycles. The monoisotopic (exact) mass is 602 g/mol. The Morgan fingerprint density at radius 1 is 0.531 bits per heavy atom. The number of thiol groups is 2. The second-order valence-electron chi connectivity index (χ2n) is 6.19. The zero-order valence-electron chi connectivity index (χ0n) is 20.2. The molecular weight excluding hydrogens is 561 g/mol. The molecule has 0 aromatic carbocycles. The third-order valence-corrected chi connectivity index (χ3v) is 19.3. The summed E-state index contributed by atoms with van der Waals surface area (Å²) in [6.07, 6.45) is 1.75. The Labute approximate surface area is 224 Å². The van der Waals surface area contributed by atoms with Crippen LogP contribution >= 0.6 is 66.5 Å². The van der Waals surface area contributed by atoms with Gasteiger partial charge in [0.25, 0.3) is 0 Å². The van der Waals surface area contributed by atoms with Crippen LogP contribution in [0.25, 0.3) is 0 Å². The standard InChI is InChI=1S/C18H42O6S6Si2/c1-7-19-31(20-8-2,21-9-3)17(25)13-15-27-29-30-28-16-14-18(26)32(22-10-4,23-11-5)24-12-6/h17-18,25-26H,7-16H2,1-6H3. The maximum Gasteiger partial charge on any atom is 0.514 e. The van der Waals surface area contributed by atoms with E-state index in [4.69, 9.17) is 51.8 Å². The van der Waals surface area contributed by atoms with Gasteiger partial charge in [0, 0.05) is 51.1 Å². The van der Waals surface area contributed by atoms with Gasteiger partial charge in [0.15, 0.2) is 0 Å². The van der Waals surface area contributed by atoms with Gasteiger partial charge in [-0.25, -0.2) is 0 Å². The van der Waals surface area contributed by atoms with Crippen molar-refractivity contribution in [3.05, 3.63) is 0 Å². The molecule has 0 aliphatic heterocycles. The van der Waals surface area contributed by atoms with Crippen LogP contribution in [0.2, 0.25) is 0 Å². The molecule has 0 aliphatic carbocycles. The molecule has 0 saturated carbocycles. The average molecular weight is 603 g/mol. The van der Waals surface area contributed by atoms with Crippen LogP contribution in [0.1, 0.15) is 54.4 Å². The van der Waals surface area contributed by atoms with E-state index in [0.717, 1.165) is 24.3 Å². The molecule has 0 N–H and O–H groups in total. The van der Waals surface area contributed by atoms with Crippen LogP contribution in [-0.2, 0) is 26.6 Å². The second kappa shape index (κ2) is 21.4. The summed E-state index contributed by atoms with van der Waals surface area (Å²) < 4.78 is 35.7. The van der Waals surface area contributed by atoms with Crippen LogP contribution in [0.3, 0.4) is 0 Å². The van der Waals surface area contributed by atoms with Crippen molar-refractivity contribution >= 4 is 84.1 Å².